The van der Waals surface area contributed by atoms with Gasteiger partial charge in [0.25, 0.3) is 0 Å². The second kappa shape index (κ2) is 9.54. The minimum atomic E-state index is -1.10. The van der Waals surface area contributed by atoms with Gasteiger partial charge in [-0.2, -0.15) is 0 Å². The first kappa shape index (κ1) is 24.5. The third-order valence-corrected chi connectivity index (χ3v) is 7.55. The summed E-state index contributed by atoms with van der Waals surface area (Å²) in [7, 11) is 0. The van der Waals surface area contributed by atoms with E-state index in [9.17, 15) is 19.5 Å². The molecule has 9 nitrogen and oxygen atoms in total. The number of carbonyl (C=O) groups is 3. The average molecular weight is 474 g/mol. The van der Waals surface area contributed by atoms with E-state index in [0.29, 0.717) is 18.5 Å². The smallest absolute Gasteiger partial charge is 0.312 e. The van der Waals surface area contributed by atoms with Crippen molar-refractivity contribution in [3.05, 3.63) is 24.3 Å². The number of nitrogens with one attached hydrogen (secondary N) is 1. The molecule has 3 fully saturated rings. The van der Waals surface area contributed by atoms with Gasteiger partial charge >= 0.3 is 5.97 Å². The second-order valence-corrected chi connectivity index (χ2v) is 9.29. The van der Waals surface area contributed by atoms with Gasteiger partial charge in [0.1, 0.15) is 11.6 Å². The largest absolute Gasteiger partial charge is 0.466 e. The van der Waals surface area contributed by atoms with Gasteiger partial charge in [-0.05, 0) is 64.8 Å². The Hall–Kier alpha value is -2.65. The molecule has 6 atom stereocenters. The molecule has 1 aromatic carbocycles. The Morgan fingerprint density at radius 2 is 1.94 bits per heavy atom. The van der Waals surface area contributed by atoms with E-state index in [1.54, 1.807) is 13.8 Å². The van der Waals surface area contributed by atoms with E-state index in [0.717, 1.165) is 18.8 Å². The van der Waals surface area contributed by atoms with Crippen LogP contribution < -0.4 is 10.2 Å². The lowest BCUT2D eigenvalue weighted by atomic mass is 9.71. The molecular formula is C25H35N3O6. The van der Waals surface area contributed by atoms with Crippen molar-refractivity contribution in [1.82, 2.24) is 4.90 Å². The van der Waals surface area contributed by atoms with Crippen LogP contribution >= 0.6 is 0 Å². The molecule has 0 radical (unpaired) electrons. The highest BCUT2D eigenvalue weighted by Gasteiger charge is 2.75. The van der Waals surface area contributed by atoms with Gasteiger partial charge in [0.2, 0.25) is 11.8 Å². The topological polar surface area (TPSA) is 108 Å². The summed E-state index contributed by atoms with van der Waals surface area (Å²) in [4.78, 5) is 43.6. The highest BCUT2D eigenvalue weighted by atomic mass is 16.6. The quantitative estimate of drug-likeness (QED) is 0.527. The highest BCUT2D eigenvalue weighted by molar-refractivity contribution is 6.03. The average Bonchev–Trinajstić information content (AvgIpc) is 3.48. The number of esters is 1. The third kappa shape index (κ3) is 3.75. The molecule has 1 aromatic rings. The van der Waals surface area contributed by atoms with Gasteiger partial charge in [0, 0.05) is 24.5 Å². The summed E-state index contributed by atoms with van der Waals surface area (Å²) in [6, 6.07) is 6.04. The van der Waals surface area contributed by atoms with E-state index in [4.69, 9.17) is 9.47 Å². The summed E-state index contributed by atoms with van der Waals surface area (Å²) in [5.74, 6) is -2.70. The number of ether oxygens (including phenoxy) is 2. The Morgan fingerprint density at radius 1 is 1.26 bits per heavy atom. The van der Waals surface area contributed by atoms with Crippen molar-refractivity contribution in [3.8, 4) is 0 Å². The van der Waals surface area contributed by atoms with Gasteiger partial charge in [-0.15, -0.1) is 0 Å². The van der Waals surface area contributed by atoms with E-state index in [1.165, 1.54) is 4.90 Å². The Morgan fingerprint density at radius 3 is 2.53 bits per heavy atom. The summed E-state index contributed by atoms with van der Waals surface area (Å²) in [6.45, 7) is 9.26. The first-order valence-electron chi connectivity index (χ1n) is 12.3. The number of carbonyl (C=O) groups excluding carboxylic acids is 3. The van der Waals surface area contributed by atoms with E-state index in [1.807, 2.05) is 24.3 Å². The maximum atomic E-state index is 13.7. The van der Waals surface area contributed by atoms with Crippen molar-refractivity contribution in [1.29, 1.82) is 0 Å². The number of hydrogen-bond donors (Lipinski definition) is 2. The minimum Gasteiger partial charge on any atom is -0.466 e. The highest BCUT2D eigenvalue weighted by Crippen LogP contribution is 2.59. The van der Waals surface area contributed by atoms with Crippen LogP contribution in [0.2, 0.25) is 0 Å². The van der Waals surface area contributed by atoms with Crippen molar-refractivity contribution in [2.45, 2.75) is 64.3 Å². The third-order valence-electron chi connectivity index (χ3n) is 7.55. The van der Waals surface area contributed by atoms with Crippen LogP contribution in [0.1, 0.15) is 40.5 Å². The van der Waals surface area contributed by atoms with Crippen molar-refractivity contribution < 1.29 is 29.0 Å². The van der Waals surface area contributed by atoms with Gasteiger partial charge in [0.05, 0.1) is 37.2 Å². The molecule has 186 valence electrons. The molecule has 2 unspecified atom stereocenters. The number of amides is 2. The molecule has 34 heavy (non-hydrogen) atoms. The molecule has 3 heterocycles. The number of fused-ring (bicyclic) bond motifs is 1. The zero-order chi connectivity index (χ0) is 24.6. The number of aliphatic hydroxyl groups is 1. The van der Waals surface area contributed by atoms with E-state index in [-0.39, 0.29) is 25.0 Å². The molecule has 0 saturated carbocycles. The van der Waals surface area contributed by atoms with Gasteiger partial charge in [-0.1, -0.05) is 0 Å². The number of aliphatic hydroxyl groups excluding tert-OH is 1. The number of anilines is 2. The Balaban J connectivity index is 1.63. The maximum Gasteiger partial charge on any atom is 0.312 e. The van der Waals surface area contributed by atoms with Crippen LogP contribution in [0.5, 0.6) is 0 Å². The standard InChI is InChI=1S/C25H35N3O6/c1-5-27(6-2)17-10-8-16(9-11-17)26-22(30)21-25-13-12-18(34-25)19(24(32)33-7-3)20(25)23(31)28(21)15(4)14-29/h8-11,15,18-21,29H,5-7,12-14H2,1-4H3,(H,26,30)/t15-,18+,19-,20+,21?,25?/m1/s1. The zero-order valence-corrected chi connectivity index (χ0v) is 20.3. The lowest BCUT2D eigenvalue weighted by Gasteiger charge is -2.35. The van der Waals surface area contributed by atoms with Crippen LogP contribution in [0.15, 0.2) is 24.3 Å². The summed E-state index contributed by atoms with van der Waals surface area (Å²) < 4.78 is 11.5. The number of rotatable bonds is 9. The number of likely N-dealkylation sites (tertiary alicyclic amines) is 1. The van der Waals surface area contributed by atoms with Crippen LogP contribution in [-0.4, -0.2) is 77.9 Å². The van der Waals surface area contributed by atoms with Crippen molar-refractivity contribution in [2.75, 3.05) is 36.5 Å². The second-order valence-electron chi connectivity index (χ2n) is 9.29. The lowest BCUT2D eigenvalue weighted by Crippen LogP contribution is -2.55. The summed E-state index contributed by atoms with van der Waals surface area (Å²) >= 11 is 0. The molecule has 0 aliphatic carbocycles. The molecule has 3 aliphatic rings. The fraction of sp³-hybridized carbons (Fsp3) is 0.640. The SMILES string of the molecule is CCOC(=O)[C@@H]1[C@@H]2CCC3(O2)C(C(=O)Nc2ccc(N(CC)CC)cc2)N([C@H](C)CO)C(=O)[C@H]13. The molecule has 2 N–H and O–H groups in total. The number of hydrogen-bond acceptors (Lipinski definition) is 7. The van der Waals surface area contributed by atoms with Crippen molar-refractivity contribution in [3.63, 3.8) is 0 Å². The van der Waals surface area contributed by atoms with E-state index < -0.39 is 41.6 Å². The normalized spacial score (nSPS) is 30.3. The summed E-state index contributed by atoms with van der Waals surface area (Å²) in [6.07, 6.45) is 0.636. The van der Waals surface area contributed by atoms with Crippen molar-refractivity contribution >= 4 is 29.2 Å². The Kier molecular flexibility index (Phi) is 6.87. The fourth-order valence-corrected chi connectivity index (χ4v) is 6.01. The number of nitrogens with zero attached hydrogens (tertiary/aromatic N) is 2. The molecule has 9 heteroatoms. The molecular weight excluding hydrogens is 438 g/mol. The lowest BCUT2D eigenvalue weighted by molar-refractivity contribution is -0.155. The predicted octanol–water partition coefficient (Wildman–Crippen LogP) is 1.79. The van der Waals surface area contributed by atoms with E-state index >= 15 is 0 Å². The van der Waals surface area contributed by atoms with Crippen molar-refractivity contribution in [2.24, 2.45) is 11.8 Å². The fourth-order valence-electron chi connectivity index (χ4n) is 6.01. The van der Waals surface area contributed by atoms with Gasteiger partial charge in [-0.3, -0.25) is 14.4 Å². The molecule has 3 saturated heterocycles. The van der Waals surface area contributed by atoms with Crippen LogP contribution in [0.3, 0.4) is 0 Å². The minimum absolute atomic E-state index is 0.208. The Labute approximate surface area is 200 Å². The maximum absolute atomic E-state index is 13.7. The number of benzene rings is 1. The molecule has 3 aliphatic heterocycles. The van der Waals surface area contributed by atoms with Crippen LogP contribution in [0, 0.1) is 11.8 Å². The monoisotopic (exact) mass is 473 g/mol. The van der Waals surface area contributed by atoms with Gasteiger partial charge < -0.3 is 29.7 Å². The predicted molar refractivity (Wildman–Crippen MR) is 126 cm³/mol. The van der Waals surface area contributed by atoms with E-state index in [2.05, 4.69) is 24.1 Å². The van der Waals surface area contributed by atoms with Gasteiger partial charge in [-0.25, -0.2) is 0 Å². The van der Waals surface area contributed by atoms with Gasteiger partial charge in [0.15, 0.2) is 0 Å². The molecule has 2 amide bonds. The van der Waals surface area contributed by atoms with Crippen LogP contribution in [0.25, 0.3) is 0 Å². The Bertz CT molecular complexity index is 933. The first-order chi connectivity index (χ1) is 16.3. The molecule has 1 spiro atoms. The molecule has 4 rings (SSSR count). The zero-order valence-electron chi connectivity index (χ0n) is 20.3. The van der Waals surface area contributed by atoms with Crippen LogP contribution in [0.4, 0.5) is 11.4 Å². The summed E-state index contributed by atoms with van der Waals surface area (Å²) in [5.41, 5.74) is 0.566. The summed E-state index contributed by atoms with van der Waals surface area (Å²) in [5, 5.41) is 12.8. The molecule has 2 bridgehead atoms. The van der Waals surface area contributed by atoms with Crippen LogP contribution in [-0.2, 0) is 23.9 Å². The molecule has 0 aromatic heterocycles. The first-order valence-corrected chi connectivity index (χ1v) is 12.3.